The van der Waals surface area contributed by atoms with E-state index in [1.54, 1.807) is 23.1 Å². The molecule has 1 saturated heterocycles. The van der Waals surface area contributed by atoms with E-state index < -0.39 is 10.0 Å². The molecule has 1 fully saturated rings. The molecular formula is C19H19ClN2O3S. The fourth-order valence-corrected chi connectivity index (χ4v) is 4.29. The number of rotatable bonds is 4. The first-order valence-corrected chi connectivity index (χ1v) is 10.1. The molecule has 0 radical (unpaired) electrons. The van der Waals surface area contributed by atoms with Crippen LogP contribution in [0.15, 0.2) is 65.6 Å². The highest BCUT2D eigenvalue weighted by molar-refractivity contribution is 7.89. The van der Waals surface area contributed by atoms with Gasteiger partial charge in [0.2, 0.25) is 15.9 Å². The smallest absolute Gasteiger partial charge is 0.246 e. The van der Waals surface area contributed by atoms with Gasteiger partial charge in [0.25, 0.3) is 0 Å². The lowest BCUT2D eigenvalue weighted by Crippen LogP contribution is -2.50. The number of benzene rings is 2. The van der Waals surface area contributed by atoms with Crippen molar-refractivity contribution in [1.29, 1.82) is 0 Å². The summed E-state index contributed by atoms with van der Waals surface area (Å²) in [6, 6.07) is 15.7. The molecule has 0 unspecified atom stereocenters. The summed E-state index contributed by atoms with van der Waals surface area (Å²) in [5.74, 6) is -0.114. The largest absolute Gasteiger partial charge is 0.337 e. The molecular weight excluding hydrogens is 372 g/mol. The molecule has 7 heteroatoms. The minimum Gasteiger partial charge on any atom is -0.337 e. The Balaban J connectivity index is 1.61. The molecule has 0 aromatic heterocycles. The van der Waals surface area contributed by atoms with Crippen molar-refractivity contribution in [3.63, 3.8) is 0 Å². The molecule has 0 atom stereocenters. The van der Waals surface area contributed by atoms with Crippen LogP contribution in [0.25, 0.3) is 6.08 Å². The zero-order valence-electron chi connectivity index (χ0n) is 14.1. The maximum Gasteiger partial charge on any atom is 0.246 e. The number of carbonyl (C=O) groups is 1. The fourth-order valence-electron chi connectivity index (χ4n) is 2.74. The fraction of sp³-hybridized carbons (Fsp3) is 0.211. The van der Waals surface area contributed by atoms with Gasteiger partial charge in [0.05, 0.1) is 4.90 Å². The Morgan fingerprint density at radius 1 is 0.923 bits per heavy atom. The molecule has 0 spiro atoms. The van der Waals surface area contributed by atoms with Gasteiger partial charge in [-0.2, -0.15) is 4.31 Å². The van der Waals surface area contributed by atoms with E-state index in [4.69, 9.17) is 11.6 Å². The predicted octanol–water partition coefficient (Wildman–Crippen LogP) is 2.89. The third-order valence-electron chi connectivity index (χ3n) is 4.22. The predicted molar refractivity (Wildman–Crippen MR) is 102 cm³/mol. The summed E-state index contributed by atoms with van der Waals surface area (Å²) in [5.41, 5.74) is 0.949. The van der Waals surface area contributed by atoms with Crippen molar-refractivity contribution in [2.24, 2.45) is 0 Å². The zero-order valence-corrected chi connectivity index (χ0v) is 15.7. The van der Waals surface area contributed by atoms with Crippen molar-refractivity contribution in [2.45, 2.75) is 4.90 Å². The van der Waals surface area contributed by atoms with Crippen molar-refractivity contribution >= 4 is 33.6 Å². The molecule has 26 heavy (non-hydrogen) atoms. The highest BCUT2D eigenvalue weighted by Gasteiger charge is 2.29. The summed E-state index contributed by atoms with van der Waals surface area (Å²) in [6.07, 6.45) is 3.29. The van der Waals surface area contributed by atoms with Crippen LogP contribution >= 0.6 is 11.6 Å². The molecule has 0 aliphatic carbocycles. The van der Waals surface area contributed by atoms with Crippen LogP contribution in [0.1, 0.15) is 5.56 Å². The highest BCUT2D eigenvalue weighted by atomic mass is 35.5. The first-order valence-electron chi connectivity index (χ1n) is 8.24. The van der Waals surface area contributed by atoms with Gasteiger partial charge in [-0.25, -0.2) is 8.42 Å². The van der Waals surface area contributed by atoms with Crippen molar-refractivity contribution < 1.29 is 13.2 Å². The van der Waals surface area contributed by atoms with E-state index in [-0.39, 0.29) is 23.9 Å². The summed E-state index contributed by atoms with van der Waals surface area (Å²) in [5, 5.41) is 0.490. The van der Waals surface area contributed by atoms with Gasteiger partial charge in [0, 0.05) is 37.3 Å². The van der Waals surface area contributed by atoms with Crippen LogP contribution < -0.4 is 0 Å². The molecule has 1 aliphatic heterocycles. The molecule has 1 aliphatic rings. The number of hydrogen-bond donors (Lipinski definition) is 0. The summed E-state index contributed by atoms with van der Waals surface area (Å²) in [6.45, 7) is 1.28. The summed E-state index contributed by atoms with van der Waals surface area (Å²) < 4.78 is 26.7. The first-order chi connectivity index (χ1) is 12.5. The summed E-state index contributed by atoms with van der Waals surface area (Å²) >= 11 is 5.82. The van der Waals surface area contributed by atoms with Crippen molar-refractivity contribution in [2.75, 3.05) is 26.2 Å². The van der Waals surface area contributed by atoms with E-state index in [9.17, 15) is 13.2 Å². The maximum absolute atomic E-state index is 12.7. The second-order valence-corrected chi connectivity index (χ2v) is 8.30. The van der Waals surface area contributed by atoms with E-state index in [0.717, 1.165) is 5.56 Å². The Bertz CT molecular complexity index is 888. The lowest BCUT2D eigenvalue weighted by atomic mass is 10.2. The quantitative estimate of drug-likeness (QED) is 0.754. The van der Waals surface area contributed by atoms with Gasteiger partial charge in [-0.15, -0.1) is 0 Å². The number of nitrogens with zero attached hydrogens (tertiary/aromatic N) is 2. The molecule has 2 aromatic carbocycles. The molecule has 0 saturated carbocycles. The van der Waals surface area contributed by atoms with Gasteiger partial charge in [-0.05, 0) is 35.9 Å². The monoisotopic (exact) mass is 390 g/mol. The van der Waals surface area contributed by atoms with Gasteiger partial charge in [-0.3, -0.25) is 4.79 Å². The van der Waals surface area contributed by atoms with Crippen LogP contribution in [0.5, 0.6) is 0 Å². The molecule has 0 bridgehead atoms. The Morgan fingerprint density at radius 2 is 1.54 bits per heavy atom. The van der Waals surface area contributed by atoms with E-state index in [1.807, 2.05) is 30.3 Å². The number of piperazine rings is 1. The Kier molecular flexibility index (Phi) is 5.76. The van der Waals surface area contributed by atoms with Crippen LogP contribution in [0.2, 0.25) is 5.02 Å². The van der Waals surface area contributed by atoms with Gasteiger partial charge < -0.3 is 4.90 Å². The SMILES string of the molecule is O=C(C=Cc1ccccc1)N1CCN(S(=O)(=O)c2ccc(Cl)cc2)CC1. The van der Waals surface area contributed by atoms with Gasteiger partial charge in [0.15, 0.2) is 0 Å². The van der Waals surface area contributed by atoms with Crippen LogP contribution in [-0.2, 0) is 14.8 Å². The Morgan fingerprint density at radius 3 is 2.15 bits per heavy atom. The van der Waals surface area contributed by atoms with E-state index in [2.05, 4.69) is 0 Å². The third kappa shape index (κ3) is 4.33. The second-order valence-electron chi connectivity index (χ2n) is 5.93. The number of halogens is 1. The Hall–Kier alpha value is -2.15. The van der Waals surface area contributed by atoms with Crippen molar-refractivity contribution in [1.82, 2.24) is 9.21 Å². The number of sulfonamides is 1. The number of hydrogen-bond acceptors (Lipinski definition) is 3. The van der Waals surface area contributed by atoms with Crippen LogP contribution in [0, 0.1) is 0 Å². The summed E-state index contributed by atoms with van der Waals surface area (Å²) in [7, 11) is -3.56. The first kappa shape index (κ1) is 18.6. The molecule has 1 amide bonds. The lowest BCUT2D eigenvalue weighted by molar-refractivity contribution is -0.127. The van der Waals surface area contributed by atoms with Crippen LogP contribution in [0.4, 0.5) is 0 Å². The average molecular weight is 391 g/mol. The van der Waals surface area contributed by atoms with Gasteiger partial charge in [0.1, 0.15) is 0 Å². The van der Waals surface area contributed by atoms with E-state index >= 15 is 0 Å². The second kappa shape index (κ2) is 8.03. The Labute approximate surface area is 158 Å². The molecule has 2 aromatic rings. The number of amides is 1. The van der Waals surface area contributed by atoms with Crippen LogP contribution in [0.3, 0.4) is 0 Å². The summed E-state index contributed by atoms with van der Waals surface area (Å²) in [4.78, 5) is 14.2. The van der Waals surface area contributed by atoms with E-state index in [0.29, 0.717) is 18.1 Å². The molecule has 1 heterocycles. The molecule has 5 nitrogen and oxygen atoms in total. The lowest BCUT2D eigenvalue weighted by Gasteiger charge is -2.33. The van der Waals surface area contributed by atoms with Crippen molar-refractivity contribution in [3.05, 3.63) is 71.3 Å². The van der Waals surface area contributed by atoms with Gasteiger partial charge >= 0.3 is 0 Å². The molecule has 0 N–H and O–H groups in total. The standard InChI is InChI=1S/C19H19ClN2O3S/c20-17-7-9-18(10-8-17)26(24,25)22-14-12-21(13-15-22)19(23)11-6-16-4-2-1-3-5-16/h1-11H,12-15H2. The number of carbonyl (C=O) groups excluding carboxylic acids is 1. The van der Waals surface area contributed by atoms with E-state index in [1.165, 1.54) is 22.5 Å². The maximum atomic E-state index is 12.7. The van der Waals surface area contributed by atoms with Crippen molar-refractivity contribution in [3.8, 4) is 0 Å². The molecule has 136 valence electrons. The topological polar surface area (TPSA) is 57.7 Å². The third-order valence-corrected chi connectivity index (χ3v) is 6.38. The zero-order chi connectivity index (χ0) is 18.6. The molecule has 3 rings (SSSR count). The minimum absolute atomic E-state index is 0.114. The van der Waals surface area contributed by atoms with Crippen LogP contribution in [-0.4, -0.2) is 49.7 Å². The highest BCUT2D eigenvalue weighted by Crippen LogP contribution is 2.20. The normalized spacial score (nSPS) is 16.1. The average Bonchev–Trinajstić information content (AvgIpc) is 2.67. The van der Waals surface area contributed by atoms with Gasteiger partial charge in [-0.1, -0.05) is 41.9 Å². The minimum atomic E-state index is -3.56.